The average Bonchev–Trinajstić information content (AvgIpc) is 0.653. The highest BCUT2D eigenvalue weighted by atomic mass is 16.5. The fraction of sp³-hybridized carbons (Fsp3) is 0.426. The molecule has 0 aromatic heterocycles. The fourth-order valence-corrected chi connectivity index (χ4v) is 21.1. The largest absolute Gasteiger partial charge is 0.452 e. The molecule has 0 aliphatic carbocycles. The Labute approximate surface area is 747 Å². The maximum Gasteiger partial charge on any atom is 0.252 e. The molecule has 0 amide bonds. The Kier molecular flexibility index (Phi) is 18.4. The van der Waals surface area contributed by atoms with Gasteiger partial charge < -0.3 is 29.2 Å². The van der Waals surface area contributed by atoms with E-state index in [0.717, 1.165) is 22.9 Å². The van der Waals surface area contributed by atoms with Gasteiger partial charge in [0.2, 0.25) is 0 Å². The summed E-state index contributed by atoms with van der Waals surface area (Å²) in [7, 11) is 0. The summed E-state index contributed by atoms with van der Waals surface area (Å²) in [5.74, 6) is 1.93. The van der Waals surface area contributed by atoms with Gasteiger partial charge in [0.25, 0.3) is 20.1 Å². The molecule has 638 valence electrons. The van der Waals surface area contributed by atoms with Crippen LogP contribution in [0.15, 0.2) is 164 Å². The molecule has 7 aliphatic rings. The van der Waals surface area contributed by atoms with Crippen molar-refractivity contribution in [3.05, 3.63) is 236 Å². The monoisotopic (exact) mass is 1640 g/mol. The molecule has 0 spiro atoms. The lowest BCUT2D eigenvalue weighted by Crippen LogP contribution is -2.70. The van der Waals surface area contributed by atoms with Crippen LogP contribution in [0, 0.1) is 6.92 Å². The average molecular weight is 1640 g/mol. The number of nitrogens with zero attached hydrogens (tertiary/aromatic N) is 5. The molecule has 0 saturated carbocycles. The summed E-state index contributed by atoms with van der Waals surface area (Å²) in [6, 6.07) is 69.2. The Balaban J connectivity index is 1.07. The first-order valence-corrected chi connectivity index (χ1v) is 46.5. The van der Waals surface area contributed by atoms with E-state index in [1.54, 1.807) is 0 Å². The third-order valence-electron chi connectivity index (χ3n) is 28.7. The van der Waals surface area contributed by atoms with Gasteiger partial charge in [-0.15, -0.1) is 0 Å². The van der Waals surface area contributed by atoms with Gasteiger partial charge in [-0.25, -0.2) is 0 Å². The maximum absolute atomic E-state index is 8.27. The van der Waals surface area contributed by atoms with Crippen LogP contribution >= 0.6 is 0 Å². The molecule has 0 fully saturated rings. The number of benzene rings is 11. The summed E-state index contributed by atoms with van der Waals surface area (Å²) >= 11 is 0. The summed E-state index contributed by atoms with van der Waals surface area (Å²) in [6.45, 7) is 88.0. The third-order valence-corrected chi connectivity index (χ3v) is 28.7. The minimum Gasteiger partial charge on any atom is -0.452 e. The van der Waals surface area contributed by atoms with E-state index < -0.39 is 0 Å². The molecular weight excluding hydrogens is 1500 g/mol. The van der Waals surface area contributed by atoms with Crippen LogP contribution in [-0.2, 0) is 65.0 Å². The van der Waals surface area contributed by atoms with E-state index in [2.05, 4.69) is 444 Å². The normalized spacial score (nSPS) is 15.4. The second-order valence-corrected chi connectivity index (χ2v) is 50.7. The Morgan fingerprint density at radius 2 is 0.435 bits per heavy atom. The molecule has 18 rings (SSSR count). The summed E-state index contributed by atoms with van der Waals surface area (Å²) in [5.41, 5.74) is 44.2. The highest BCUT2D eigenvalue weighted by molar-refractivity contribution is 7.06. The Morgan fingerprint density at radius 1 is 0.194 bits per heavy atom. The van der Waals surface area contributed by atoms with Gasteiger partial charge >= 0.3 is 0 Å². The van der Waals surface area contributed by atoms with Crippen LogP contribution in [0.1, 0.15) is 322 Å². The molecule has 0 radical (unpaired) electrons. The lowest BCUT2D eigenvalue weighted by atomic mass is 9.27. The summed E-state index contributed by atoms with van der Waals surface area (Å²) in [6.07, 6.45) is 0. The van der Waals surface area contributed by atoms with E-state index in [9.17, 15) is 0 Å². The van der Waals surface area contributed by atoms with Crippen LogP contribution in [0.25, 0.3) is 0 Å². The van der Waals surface area contributed by atoms with Gasteiger partial charge in [-0.05, 0) is 267 Å². The smallest absolute Gasteiger partial charge is 0.252 e. The lowest BCUT2D eigenvalue weighted by molar-refractivity contribution is 0.433. The van der Waals surface area contributed by atoms with E-state index in [4.69, 9.17) is 4.74 Å². The van der Waals surface area contributed by atoms with E-state index in [1.165, 1.54) is 195 Å². The minimum absolute atomic E-state index is 0.133. The van der Waals surface area contributed by atoms with Gasteiger partial charge in [0.05, 0.1) is 11.4 Å². The SMILES string of the molecule is Cc1cc2c3c(c1)N(c1cc(C(C)(C)C)cc(C(C)(C)C)c1)c1cc4c(cc1B3c1ccc(C(C)(C)C)cc1N2c1cc(C(C)(C)C)cc(C(C)(C)C)c1)B1c2ccc(C(C)(C)C)c3c2N2c5c(ccc(C(C)(C)C)c5O3)B3c5ccc(C(C)(C)C)cc5N(c5cc(C(C)(C)C)cc(C(C)(C)C)c5)c5cc(c1c2c53)N4c1cc(C(C)(C)C)cc(C(C)(C)C)c1. The van der Waals surface area contributed by atoms with Gasteiger partial charge in [-0.2, -0.15) is 0 Å². The molecule has 11 aromatic rings. The summed E-state index contributed by atoms with van der Waals surface area (Å²) < 4.78 is 8.27. The van der Waals surface area contributed by atoms with Crippen LogP contribution < -0.4 is 78.4 Å². The molecule has 6 nitrogen and oxygen atoms in total. The van der Waals surface area contributed by atoms with Crippen molar-refractivity contribution in [1.29, 1.82) is 0 Å². The first-order valence-electron chi connectivity index (χ1n) is 46.5. The summed E-state index contributed by atoms with van der Waals surface area (Å²) in [4.78, 5) is 13.9. The molecule has 0 unspecified atom stereocenters. The predicted octanol–water partition coefficient (Wildman–Crippen LogP) is 26.4. The van der Waals surface area contributed by atoms with Gasteiger partial charge in [0.15, 0.2) is 11.5 Å². The molecule has 7 heterocycles. The molecule has 124 heavy (non-hydrogen) atoms. The third kappa shape index (κ3) is 13.4. The molecule has 0 bridgehead atoms. The van der Waals surface area contributed by atoms with E-state index in [-0.39, 0.29) is 85.1 Å². The lowest BCUT2D eigenvalue weighted by Gasteiger charge is -2.53. The number of hydrogen-bond donors (Lipinski definition) is 0. The molecule has 0 atom stereocenters. The van der Waals surface area contributed by atoms with Crippen molar-refractivity contribution in [3.63, 3.8) is 0 Å². The van der Waals surface area contributed by atoms with Crippen LogP contribution in [0.5, 0.6) is 11.5 Å². The van der Waals surface area contributed by atoms with Crippen molar-refractivity contribution >= 4 is 155 Å². The van der Waals surface area contributed by atoms with E-state index in [0.29, 0.717) is 0 Å². The fourth-order valence-electron chi connectivity index (χ4n) is 21.1. The Morgan fingerprint density at radius 3 is 0.710 bits per heavy atom. The van der Waals surface area contributed by atoms with Crippen LogP contribution in [-0.4, -0.2) is 20.1 Å². The van der Waals surface area contributed by atoms with Gasteiger partial charge in [-0.3, -0.25) is 0 Å². The zero-order chi connectivity index (χ0) is 89.9. The van der Waals surface area contributed by atoms with Crippen LogP contribution in [0.2, 0.25) is 0 Å². The van der Waals surface area contributed by atoms with E-state index in [1.807, 2.05) is 0 Å². The standard InChI is InChI=1S/C115H138B3N5O/c1-65-46-92-96-93(47-65)121(78-56-72(110(20,21)22)50-73(57-78)111(23,24)25)90-63-91-87(62-86(90)117(96)83-43-39-67(105(5,6)7)61-89(83)119(92)76-52-68(106(8,9)10)48-69(53-76)107(11,12)13)118-85-45-41-81(115(35,36)37)103-100(85)123-99-84(44-40-80(102(99)124-103)114(32,33)34)116-82-42-38-66(104(2,3)4)60-88(82)120(77-54-70(108(14,15)16)49-71(55-77)109(17,18)19)94-64-95(98(118)101(123)97(94)116)122(91)79-58-74(112(26,27)28)51-75(59-79)113(29,30)31/h38-64H,1-37H3. The number of fused-ring (bicyclic) bond motifs is 10. The maximum atomic E-state index is 8.27. The number of aryl methyl sites for hydroxylation is 1. The number of hydrogen-bond acceptors (Lipinski definition) is 6. The zero-order valence-corrected chi connectivity index (χ0v) is 82.5. The van der Waals surface area contributed by atoms with E-state index >= 15 is 0 Å². The van der Waals surface area contributed by atoms with Crippen LogP contribution in [0.4, 0.5) is 85.3 Å². The Hall–Kier alpha value is -9.59. The first-order chi connectivity index (χ1) is 57.0. The van der Waals surface area contributed by atoms with Crippen molar-refractivity contribution in [3.8, 4) is 11.5 Å². The number of ether oxygens (including phenoxy) is 1. The van der Waals surface area contributed by atoms with Crippen molar-refractivity contribution in [1.82, 2.24) is 0 Å². The molecule has 7 aliphatic heterocycles. The quantitative estimate of drug-likeness (QED) is 0.163. The van der Waals surface area contributed by atoms with Crippen LogP contribution in [0.3, 0.4) is 0 Å². The second kappa shape index (κ2) is 26.8. The highest BCUT2D eigenvalue weighted by Gasteiger charge is 2.57. The van der Waals surface area contributed by atoms with Gasteiger partial charge in [0, 0.05) is 85.1 Å². The topological polar surface area (TPSA) is 25.4 Å². The van der Waals surface area contributed by atoms with Crippen molar-refractivity contribution in [2.24, 2.45) is 0 Å². The molecule has 9 heteroatoms. The molecule has 11 aromatic carbocycles. The Bertz CT molecular complexity index is 6270. The number of anilines is 15. The first kappa shape index (κ1) is 85.2. The van der Waals surface area contributed by atoms with Gasteiger partial charge in [0.1, 0.15) is 0 Å². The zero-order valence-electron chi connectivity index (χ0n) is 82.5. The van der Waals surface area contributed by atoms with Crippen molar-refractivity contribution in [2.75, 3.05) is 24.5 Å². The highest BCUT2D eigenvalue weighted by Crippen LogP contribution is 2.61. The molecule has 0 saturated heterocycles. The molecular formula is C115H138B3N5O. The van der Waals surface area contributed by atoms with Crippen molar-refractivity contribution in [2.45, 2.75) is 321 Å². The number of rotatable bonds is 4. The molecule has 0 N–H and O–H groups in total. The predicted molar refractivity (Wildman–Crippen MR) is 543 cm³/mol. The minimum atomic E-state index is -0.310. The summed E-state index contributed by atoms with van der Waals surface area (Å²) in [5, 5.41) is 0. The van der Waals surface area contributed by atoms with Crippen molar-refractivity contribution < 1.29 is 4.74 Å². The van der Waals surface area contributed by atoms with Gasteiger partial charge in [-0.1, -0.05) is 328 Å². The second-order valence-electron chi connectivity index (χ2n) is 50.7.